The van der Waals surface area contributed by atoms with E-state index >= 15 is 0 Å². The van der Waals surface area contributed by atoms with E-state index in [0.29, 0.717) is 16.8 Å². The molecule has 0 saturated heterocycles. The van der Waals surface area contributed by atoms with E-state index in [0.717, 1.165) is 27.0 Å². The van der Waals surface area contributed by atoms with Crippen molar-refractivity contribution in [3.8, 4) is 5.95 Å². The number of amides is 1. The number of methoxy groups -OCH3 is 1. The van der Waals surface area contributed by atoms with Crippen LogP contribution in [0.4, 0.5) is 30.9 Å². The SMILES string of the molecule is COC(=O)N(Cc1ccc(Br)c2ccccc12)c1c(N)nc(-n2nc(Cc3ccccc3F)c3ncc(F)cc32)nc1N. The number of hydrogen-bond donors (Lipinski definition) is 2. The standard InChI is InChI=1S/C30H23BrF2N8O2/c1-43-30(42)40(15-17-10-11-21(31)20-8-4-3-7-19(17)20)26-27(34)37-29(38-28(26)35)41-24-13-18(32)14-36-25(24)23(39-41)12-16-6-2-5-9-22(16)33/h2-11,13-14H,12,15H2,1H3,(H4,34,35,37,38). The van der Waals surface area contributed by atoms with Gasteiger partial charge in [-0.3, -0.25) is 4.90 Å². The summed E-state index contributed by atoms with van der Waals surface area (Å²) in [5.74, 6) is -1.41. The predicted molar refractivity (Wildman–Crippen MR) is 163 cm³/mol. The monoisotopic (exact) mass is 644 g/mol. The number of anilines is 3. The summed E-state index contributed by atoms with van der Waals surface area (Å²) in [6.45, 7) is 0.0458. The van der Waals surface area contributed by atoms with Crippen LogP contribution in [0, 0.1) is 11.6 Å². The fourth-order valence-electron chi connectivity index (χ4n) is 4.95. The van der Waals surface area contributed by atoms with Gasteiger partial charge in [-0.1, -0.05) is 64.5 Å². The summed E-state index contributed by atoms with van der Waals surface area (Å²) in [7, 11) is 1.24. The van der Waals surface area contributed by atoms with E-state index in [9.17, 15) is 13.6 Å². The Morgan fingerprint density at radius 2 is 1.67 bits per heavy atom. The quantitative estimate of drug-likeness (QED) is 0.227. The van der Waals surface area contributed by atoms with Crippen LogP contribution in [0.15, 0.2) is 77.4 Å². The zero-order chi connectivity index (χ0) is 30.2. The molecule has 0 unspecified atom stereocenters. The highest BCUT2D eigenvalue weighted by Crippen LogP contribution is 2.34. The fraction of sp³-hybridized carbons (Fsp3) is 0.100. The average molecular weight is 645 g/mol. The third-order valence-electron chi connectivity index (χ3n) is 6.94. The highest BCUT2D eigenvalue weighted by molar-refractivity contribution is 9.10. The molecule has 0 aliphatic heterocycles. The summed E-state index contributed by atoms with van der Waals surface area (Å²) < 4.78 is 35.9. The number of carbonyl (C=O) groups is 1. The van der Waals surface area contributed by atoms with Crippen molar-refractivity contribution in [2.24, 2.45) is 0 Å². The van der Waals surface area contributed by atoms with Crippen LogP contribution in [0.25, 0.3) is 27.8 Å². The molecular weight excluding hydrogens is 622 g/mol. The number of carbonyl (C=O) groups excluding carboxylic acids is 1. The molecule has 1 amide bonds. The summed E-state index contributed by atoms with van der Waals surface area (Å²) in [5.41, 5.74) is 14.9. The van der Waals surface area contributed by atoms with Crippen molar-refractivity contribution in [2.75, 3.05) is 23.5 Å². The van der Waals surface area contributed by atoms with E-state index in [2.05, 4.69) is 36.0 Å². The maximum absolute atomic E-state index is 14.4. The first-order chi connectivity index (χ1) is 20.7. The molecule has 216 valence electrons. The number of pyridine rings is 1. The van der Waals surface area contributed by atoms with Gasteiger partial charge < -0.3 is 16.2 Å². The van der Waals surface area contributed by atoms with Crippen LogP contribution in [-0.2, 0) is 17.7 Å². The Morgan fingerprint density at radius 3 is 2.40 bits per heavy atom. The molecule has 0 fully saturated rings. The molecule has 3 aromatic carbocycles. The predicted octanol–water partition coefficient (Wildman–Crippen LogP) is 5.93. The molecular formula is C30H23BrF2N8O2. The Morgan fingerprint density at radius 1 is 0.977 bits per heavy atom. The molecule has 0 aliphatic rings. The lowest BCUT2D eigenvalue weighted by molar-refractivity contribution is 0.178. The highest BCUT2D eigenvalue weighted by atomic mass is 79.9. The summed E-state index contributed by atoms with van der Waals surface area (Å²) in [6, 6.07) is 18.9. The topological polar surface area (TPSA) is 138 Å². The molecule has 0 bridgehead atoms. The fourth-order valence-corrected chi connectivity index (χ4v) is 5.43. The van der Waals surface area contributed by atoms with E-state index < -0.39 is 17.7 Å². The number of ether oxygens (including phenoxy) is 1. The van der Waals surface area contributed by atoms with Gasteiger partial charge in [0, 0.05) is 17.0 Å². The lowest BCUT2D eigenvalue weighted by Crippen LogP contribution is -2.32. The maximum Gasteiger partial charge on any atom is 0.414 e. The van der Waals surface area contributed by atoms with Crippen molar-refractivity contribution >= 4 is 61.2 Å². The van der Waals surface area contributed by atoms with Crippen molar-refractivity contribution in [3.05, 3.63) is 106 Å². The van der Waals surface area contributed by atoms with Crippen LogP contribution in [-0.4, -0.2) is 37.9 Å². The van der Waals surface area contributed by atoms with Gasteiger partial charge in [-0.2, -0.15) is 19.7 Å². The van der Waals surface area contributed by atoms with Gasteiger partial charge in [0.15, 0.2) is 11.6 Å². The number of aromatic nitrogens is 5. The minimum atomic E-state index is -0.732. The van der Waals surface area contributed by atoms with Gasteiger partial charge in [-0.05, 0) is 34.0 Å². The Kier molecular flexibility index (Phi) is 7.32. The van der Waals surface area contributed by atoms with Crippen LogP contribution in [0.3, 0.4) is 0 Å². The second kappa shape index (κ2) is 11.2. The molecule has 0 aliphatic carbocycles. The van der Waals surface area contributed by atoms with Gasteiger partial charge in [0.05, 0.1) is 31.1 Å². The third-order valence-corrected chi connectivity index (χ3v) is 7.63. The lowest BCUT2D eigenvalue weighted by atomic mass is 10.0. The van der Waals surface area contributed by atoms with Gasteiger partial charge in [-0.15, -0.1) is 0 Å². The normalized spacial score (nSPS) is 11.3. The zero-order valence-electron chi connectivity index (χ0n) is 22.6. The smallest absolute Gasteiger partial charge is 0.414 e. The van der Waals surface area contributed by atoms with Crippen molar-refractivity contribution < 1.29 is 18.3 Å². The summed E-state index contributed by atoms with van der Waals surface area (Å²) in [5, 5.41) is 6.39. The molecule has 0 saturated carbocycles. The Labute approximate surface area is 252 Å². The molecule has 4 N–H and O–H groups in total. The first kappa shape index (κ1) is 28.0. The number of benzene rings is 3. The largest absolute Gasteiger partial charge is 0.452 e. The van der Waals surface area contributed by atoms with Crippen LogP contribution in [0.5, 0.6) is 0 Å². The lowest BCUT2D eigenvalue weighted by Gasteiger charge is -2.24. The molecule has 10 nitrogen and oxygen atoms in total. The molecule has 13 heteroatoms. The second-order valence-corrected chi connectivity index (χ2v) is 10.5. The van der Waals surface area contributed by atoms with Crippen molar-refractivity contribution in [1.29, 1.82) is 0 Å². The van der Waals surface area contributed by atoms with E-state index in [1.165, 1.54) is 28.8 Å². The molecule has 0 spiro atoms. The molecule has 0 radical (unpaired) electrons. The van der Waals surface area contributed by atoms with Gasteiger partial charge >= 0.3 is 6.09 Å². The molecule has 3 heterocycles. The van der Waals surface area contributed by atoms with Crippen LogP contribution >= 0.6 is 15.9 Å². The highest BCUT2D eigenvalue weighted by Gasteiger charge is 2.27. The van der Waals surface area contributed by atoms with Gasteiger partial charge in [0.1, 0.15) is 22.8 Å². The Bertz CT molecular complexity index is 2010. The van der Waals surface area contributed by atoms with E-state index in [-0.39, 0.29) is 41.8 Å². The van der Waals surface area contributed by atoms with Gasteiger partial charge in [0.25, 0.3) is 5.95 Å². The summed E-state index contributed by atoms with van der Waals surface area (Å²) in [4.78, 5) is 27.2. The number of nitrogen functional groups attached to an aromatic ring is 2. The number of hydrogen-bond acceptors (Lipinski definition) is 8. The van der Waals surface area contributed by atoms with Crippen LogP contribution in [0.1, 0.15) is 16.8 Å². The number of halogens is 3. The molecule has 3 aromatic heterocycles. The second-order valence-electron chi connectivity index (χ2n) is 9.60. The zero-order valence-corrected chi connectivity index (χ0v) is 24.2. The Balaban J connectivity index is 1.44. The molecule has 6 rings (SSSR count). The molecule has 43 heavy (non-hydrogen) atoms. The van der Waals surface area contributed by atoms with E-state index in [1.54, 1.807) is 18.2 Å². The summed E-state index contributed by atoms with van der Waals surface area (Å²) >= 11 is 3.56. The van der Waals surface area contributed by atoms with E-state index in [1.807, 2.05) is 36.4 Å². The first-order valence-electron chi connectivity index (χ1n) is 13.0. The number of rotatable bonds is 6. The van der Waals surface area contributed by atoms with E-state index in [4.69, 9.17) is 16.2 Å². The van der Waals surface area contributed by atoms with Crippen molar-refractivity contribution in [3.63, 3.8) is 0 Å². The average Bonchev–Trinajstić information content (AvgIpc) is 3.35. The minimum Gasteiger partial charge on any atom is -0.452 e. The minimum absolute atomic E-state index is 0.0370. The van der Waals surface area contributed by atoms with Crippen molar-refractivity contribution in [1.82, 2.24) is 24.7 Å². The molecule has 6 aromatic rings. The molecule has 0 atom stereocenters. The Hall–Kier alpha value is -5.17. The van der Waals surface area contributed by atoms with Gasteiger partial charge in [0.2, 0.25) is 0 Å². The number of fused-ring (bicyclic) bond motifs is 2. The number of nitrogens with zero attached hydrogens (tertiary/aromatic N) is 6. The summed E-state index contributed by atoms with van der Waals surface area (Å²) in [6.07, 6.45) is 0.394. The van der Waals surface area contributed by atoms with Crippen molar-refractivity contribution in [2.45, 2.75) is 13.0 Å². The van der Waals surface area contributed by atoms with Crippen LogP contribution in [0.2, 0.25) is 0 Å². The first-order valence-corrected chi connectivity index (χ1v) is 13.8. The third kappa shape index (κ3) is 5.18. The van der Waals surface area contributed by atoms with Gasteiger partial charge in [-0.25, -0.2) is 18.6 Å². The number of nitrogens with two attached hydrogens (primary N) is 2. The maximum atomic E-state index is 14.4. The van der Waals surface area contributed by atoms with Crippen LogP contribution < -0.4 is 16.4 Å².